The van der Waals surface area contributed by atoms with Crippen LogP contribution in [0, 0.1) is 0 Å². The number of nitrogens with one attached hydrogen (secondary N) is 1. The SMILES string of the molecule is CN1CC[C@@H](Nc2ncnc3nc(N)ccc23)[C@@H]1c1ccccc1. The molecular formula is C18H20N6. The third-order valence-corrected chi connectivity index (χ3v) is 4.63. The topological polar surface area (TPSA) is 80.0 Å². The fourth-order valence-electron chi connectivity index (χ4n) is 3.48. The molecule has 0 aliphatic carbocycles. The van der Waals surface area contributed by atoms with Gasteiger partial charge in [-0.1, -0.05) is 30.3 Å². The van der Waals surface area contributed by atoms with Gasteiger partial charge < -0.3 is 11.1 Å². The first-order chi connectivity index (χ1) is 11.7. The monoisotopic (exact) mass is 320 g/mol. The predicted molar refractivity (Wildman–Crippen MR) is 95.6 cm³/mol. The van der Waals surface area contributed by atoms with Gasteiger partial charge in [0.15, 0.2) is 5.65 Å². The van der Waals surface area contributed by atoms with Crippen LogP contribution in [0.2, 0.25) is 0 Å². The number of nitrogens with two attached hydrogens (primary N) is 1. The Bertz CT molecular complexity index is 851. The molecule has 2 atom stereocenters. The van der Waals surface area contributed by atoms with Gasteiger partial charge in [-0.05, 0) is 31.2 Å². The number of nitrogens with zero attached hydrogens (tertiary/aromatic N) is 4. The molecule has 1 fully saturated rings. The average molecular weight is 320 g/mol. The molecule has 4 rings (SSSR count). The van der Waals surface area contributed by atoms with E-state index in [0.29, 0.717) is 17.5 Å². The lowest BCUT2D eigenvalue weighted by Gasteiger charge is -2.26. The summed E-state index contributed by atoms with van der Waals surface area (Å²) < 4.78 is 0. The Balaban J connectivity index is 1.67. The molecule has 1 aromatic carbocycles. The van der Waals surface area contributed by atoms with E-state index in [4.69, 9.17) is 5.73 Å². The average Bonchev–Trinajstić information content (AvgIpc) is 2.96. The zero-order valence-electron chi connectivity index (χ0n) is 13.6. The molecule has 1 aliphatic rings. The van der Waals surface area contributed by atoms with Gasteiger partial charge in [-0.3, -0.25) is 4.90 Å². The maximum absolute atomic E-state index is 5.76. The molecule has 6 nitrogen and oxygen atoms in total. The number of aromatic nitrogens is 3. The van der Waals surface area contributed by atoms with Crippen LogP contribution in [-0.4, -0.2) is 39.5 Å². The second-order valence-electron chi connectivity index (χ2n) is 6.21. The Morgan fingerprint density at radius 3 is 2.79 bits per heavy atom. The van der Waals surface area contributed by atoms with Crippen molar-refractivity contribution in [1.29, 1.82) is 0 Å². The number of hydrogen-bond acceptors (Lipinski definition) is 6. The molecule has 0 unspecified atom stereocenters. The first-order valence-corrected chi connectivity index (χ1v) is 8.11. The van der Waals surface area contributed by atoms with Crippen molar-refractivity contribution in [3.8, 4) is 0 Å². The van der Waals surface area contributed by atoms with Crippen molar-refractivity contribution in [3.63, 3.8) is 0 Å². The van der Waals surface area contributed by atoms with Crippen molar-refractivity contribution in [2.75, 3.05) is 24.6 Å². The Morgan fingerprint density at radius 1 is 1.12 bits per heavy atom. The van der Waals surface area contributed by atoms with E-state index in [1.165, 1.54) is 11.9 Å². The standard InChI is InChI=1S/C18H20N6/c1-24-10-9-14(16(24)12-5-3-2-4-6-12)22-17-13-7-8-15(19)23-18(13)21-11-20-17/h2-8,11,14,16H,9-10H2,1H3,(H3,19,20,21,22,23)/t14-,16+/m1/s1. The fraction of sp³-hybridized carbons (Fsp3) is 0.278. The molecule has 0 radical (unpaired) electrons. The van der Waals surface area contributed by atoms with Gasteiger partial charge in [0.2, 0.25) is 0 Å². The van der Waals surface area contributed by atoms with Crippen LogP contribution in [-0.2, 0) is 0 Å². The van der Waals surface area contributed by atoms with Crippen molar-refractivity contribution in [1.82, 2.24) is 19.9 Å². The number of benzene rings is 1. The van der Waals surface area contributed by atoms with Crippen molar-refractivity contribution in [2.45, 2.75) is 18.5 Å². The maximum atomic E-state index is 5.76. The number of fused-ring (bicyclic) bond motifs is 1. The van der Waals surface area contributed by atoms with E-state index in [1.54, 1.807) is 6.07 Å². The summed E-state index contributed by atoms with van der Waals surface area (Å²) in [6.45, 7) is 1.05. The van der Waals surface area contributed by atoms with Crippen molar-refractivity contribution in [3.05, 3.63) is 54.4 Å². The summed E-state index contributed by atoms with van der Waals surface area (Å²) in [7, 11) is 2.17. The first kappa shape index (κ1) is 14.8. The zero-order chi connectivity index (χ0) is 16.5. The third-order valence-electron chi connectivity index (χ3n) is 4.63. The summed E-state index contributed by atoms with van der Waals surface area (Å²) >= 11 is 0. The van der Waals surface area contributed by atoms with Crippen molar-refractivity contribution >= 4 is 22.7 Å². The molecule has 3 N–H and O–H groups in total. The summed E-state index contributed by atoms with van der Waals surface area (Å²) in [6, 6.07) is 14.9. The van der Waals surface area contributed by atoms with Crippen LogP contribution < -0.4 is 11.1 Å². The summed E-state index contributed by atoms with van der Waals surface area (Å²) in [4.78, 5) is 15.3. The molecule has 0 amide bonds. The molecule has 1 saturated heterocycles. The number of likely N-dealkylation sites (N-methyl/N-ethyl adjacent to an activating group) is 1. The zero-order valence-corrected chi connectivity index (χ0v) is 13.6. The summed E-state index contributed by atoms with van der Waals surface area (Å²) in [5.74, 6) is 1.28. The van der Waals surface area contributed by atoms with E-state index >= 15 is 0 Å². The Hall–Kier alpha value is -2.73. The molecule has 24 heavy (non-hydrogen) atoms. The maximum Gasteiger partial charge on any atom is 0.166 e. The smallest absolute Gasteiger partial charge is 0.166 e. The highest BCUT2D eigenvalue weighted by Gasteiger charge is 2.33. The second-order valence-corrected chi connectivity index (χ2v) is 6.21. The quantitative estimate of drug-likeness (QED) is 0.772. The minimum absolute atomic E-state index is 0.285. The van der Waals surface area contributed by atoms with Gasteiger partial charge >= 0.3 is 0 Å². The lowest BCUT2D eigenvalue weighted by molar-refractivity contribution is 0.309. The molecule has 0 spiro atoms. The van der Waals surface area contributed by atoms with Crippen molar-refractivity contribution in [2.24, 2.45) is 0 Å². The molecule has 0 saturated carbocycles. The van der Waals surface area contributed by atoms with E-state index in [0.717, 1.165) is 24.2 Å². The number of rotatable bonds is 3. The molecule has 0 bridgehead atoms. The van der Waals surface area contributed by atoms with E-state index in [-0.39, 0.29) is 6.04 Å². The largest absolute Gasteiger partial charge is 0.384 e. The van der Waals surface area contributed by atoms with Crippen LogP contribution in [0.15, 0.2) is 48.8 Å². The molecule has 3 aromatic rings. The van der Waals surface area contributed by atoms with Gasteiger partial charge in [0.05, 0.1) is 11.4 Å². The Labute approximate surface area is 140 Å². The number of pyridine rings is 1. The van der Waals surface area contributed by atoms with Crippen LogP contribution in [0.25, 0.3) is 11.0 Å². The van der Waals surface area contributed by atoms with E-state index in [9.17, 15) is 0 Å². The van der Waals surface area contributed by atoms with Crippen molar-refractivity contribution < 1.29 is 0 Å². The molecular weight excluding hydrogens is 300 g/mol. The minimum Gasteiger partial charge on any atom is -0.384 e. The van der Waals surface area contributed by atoms with E-state index in [1.807, 2.05) is 6.07 Å². The Morgan fingerprint density at radius 2 is 1.96 bits per heavy atom. The van der Waals surface area contributed by atoms with Gasteiger partial charge in [-0.15, -0.1) is 0 Å². The number of likely N-dealkylation sites (tertiary alicyclic amines) is 1. The fourth-order valence-corrected chi connectivity index (χ4v) is 3.48. The third kappa shape index (κ3) is 2.65. The highest BCUT2D eigenvalue weighted by Crippen LogP contribution is 2.33. The lowest BCUT2D eigenvalue weighted by atomic mass is 10.00. The van der Waals surface area contributed by atoms with Gasteiger partial charge in [0, 0.05) is 12.6 Å². The Kier molecular flexibility index (Phi) is 3.74. The summed E-state index contributed by atoms with van der Waals surface area (Å²) in [6.07, 6.45) is 2.59. The molecule has 6 heteroatoms. The number of hydrogen-bond donors (Lipinski definition) is 2. The van der Waals surface area contributed by atoms with Crippen LogP contribution >= 0.6 is 0 Å². The van der Waals surface area contributed by atoms with Gasteiger partial charge in [0.1, 0.15) is 18.0 Å². The predicted octanol–water partition coefficient (Wildman–Crippen LogP) is 2.46. The summed E-state index contributed by atoms with van der Waals surface area (Å²) in [5.41, 5.74) is 7.69. The van der Waals surface area contributed by atoms with Gasteiger partial charge in [-0.2, -0.15) is 0 Å². The highest BCUT2D eigenvalue weighted by molar-refractivity contribution is 5.87. The van der Waals surface area contributed by atoms with Crippen LogP contribution in [0.1, 0.15) is 18.0 Å². The summed E-state index contributed by atoms with van der Waals surface area (Å²) in [5, 5.41) is 4.51. The van der Waals surface area contributed by atoms with Gasteiger partial charge in [0.25, 0.3) is 0 Å². The van der Waals surface area contributed by atoms with E-state index in [2.05, 4.69) is 62.5 Å². The first-order valence-electron chi connectivity index (χ1n) is 8.11. The molecule has 122 valence electrons. The molecule has 3 heterocycles. The lowest BCUT2D eigenvalue weighted by Crippen LogP contribution is -2.29. The molecule has 2 aromatic heterocycles. The van der Waals surface area contributed by atoms with Crippen LogP contribution in [0.3, 0.4) is 0 Å². The second kappa shape index (κ2) is 6.05. The van der Waals surface area contributed by atoms with Crippen LogP contribution in [0.5, 0.6) is 0 Å². The molecule has 1 aliphatic heterocycles. The normalized spacial score (nSPS) is 21.2. The van der Waals surface area contributed by atoms with Gasteiger partial charge in [-0.25, -0.2) is 15.0 Å². The van der Waals surface area contributed by atoms with Crippen LogP contribution in [0.4, 0.5) is 11.6 Å². The number of anilines is 2. The minimum atomic E-state index is 0.285. The van der Waals surface area contributed by atoms with E-state index < -0.39 is 0 Å². The number of nitrogen functional groups attached to an aromatic ring is 1. The highest BCUT2D eigenvalue weighted by atomic mass is 15.2.